The van der Waals surface area contributed by atoms with E-state index < -0.39 is 12.1 Å². The molecule has 1 aromatic heterocycles. The van der Waals surface area contributed by atoms with E-state index in [0.717, 1.165) is 28.5 Å². The van der Waals surface area contributed by atoms with Crippen molar-refractivity contribution in [2.75, 3.05) is 19.0 Å². The molecule has 0 aliphatic heterocycles. The zero-order chi connectivity index (χ0) is 20.4. The summed E-state index contributed by atoms with van der Waals surface area (Å²) in [4.78, 5) is 31.0. The largest absolute Gasteiger partial charge is 0.478 e. The number of anilines is 1. The van der Waals surface area contributed by atoms with E-state index in [1.54, 1.807) is 0 Å². The van der Waals surface area contributed by atoms with Gasteiger partial charge in [0.2, 0.25) is 0 Å². The molecule has 1 amide bonds. The molecular formula is C21H17N3O5. The first-order valence-electron chi connectivity index (χ1n) is 8.85. The number of benzene rings is 2. The van der Waals surface area contributed by atoms with Gasteiger partial charge in [-0.2, -0.15) is 0 Å². The van der Waals surface area contributed by atoms with Crippen LogP contribution in [-0.2, 0) is 4.74 Å². The molecule has 2 N–H and O–H groups in total. The lowest BCUT2D eigenvalue weighted by molar-refractivity contribution is 0.0689. The number of aromatic carboxylic acids is 1. The molecule has 0 spiro atoms. The quantitative estimate of drug-likeness (QED) is 0.684. The van der Waals surface area contributed by atoms with E-state index >= 15 is 0 Å². The Kier molecular flexibility index (Phi) is 4.82. The Bertz CT molecular complexity index is 1050. The van der Waals surface area contributed by atoms with Gasteiger partial charge in [0.05, 0.1) is 13.3 Å². The standard InChI is InChI=1S/C21H17N3O5/c1-28-19-18(22-10-17(23-19)20(25)26)24-21(27)29-11-16-14-8-4-2-6-12(14)13-7-3-5-9-15(13)16/h2-10,16H,11H2,1H3,(H,25,26)(H,22,24,27). The maximum absolute atomic E-state index is 12.3. The van der Waals surface area contributed by atoms with Crippen molar-refractivity contribution < 1.29 is 24.2 Å². The van der Waals surface area contributed by atoms with Crippen LogP contribution >= 0.6 is 0 Å². The molecule has 2 aromatic carbocycles. The van der Waals surface area contributed by atoms with Crippen molar-refractivity contribution in [2.24, 2.45) is 0 Å². The molecule has 0 unspecified atom stereocenters. The number of nitrogens with one attached hydrogen (secondary N) is 1. The molecule has 0 fully saturated rings. The first kappa shape index (κ1) is 18.4. The zero-order valence-corrected chi connectivity index (χ0v) is 15.5. The van der Waals surface area contributed by atoms with Crippen LogP contribution in [0.4, 0.5) is 10.6 Å². The number of carbonyl (C=O) groups excluding carboxylic acids is 1. The summed E-state index contributed by atoms with van der Waals surface area (Å²) >= 11 is 0. The lowest BCUT2D eigenvalue weighted by Crippen LogP contribution is -2.19. The van der Waals surface area contributed by atoms with Crippen molar-refractivity contribution >= 4 is 17.9 Å². The van der Waals surface area contributed by atoms with Crippen LogP contribution in [0.3, 0.4) is 0 Å². The third kappa shape index (κ3) is 3.47. The number of fused-ring (bicyclic) bond motifs is 3. The number of aromatic nitrogens is 2. The molecule has 146 valence electrons. The SMILES string of the molecule is COc1nc(C(=O)O)cnc1NC(=O)OCC1c2ccccc2-c2ccccc21. The fourth-order valence-electron chi connectivity index (χ4n) is 3.43. The third-order valence-electron chi connectivity index (χ3n) is 4.72. The van der Waals surface area contributed by atoms with Crippen molar-refractivity contribution in [3.8, 4) is 17.0 Å². The highest BCUT2D eigenvalue weighted by molar-refractivity contribution is 5.88. The number of carbonyl (C=O) groups is 2. The summed E-state index contributed by atoms with van der Waals surface area (Å²) in [5.41, 5.74) is 4.18. The predicted octanol–water partition coefficient (Wildman–Crippen LogP) is 3.54. The lowest BCUT2D eigenvalue weighted by atomic mass is 9.98. The van der Waals surface area contributed by atoms with Gasteiger partial charge >= 0.3 is 12.1 Å². The average Bonchev–Trinajstić information content (AvgIpc) is 3.06. The number of rotatable bonds is 5. The highest BCUT2D eigenvalue weighted by Crippen LogP contribution is 2.44. The molecule has 3 aromatic rings. The first-order chi connectivity index (χ1) is 14.1. The minimum atomic E-state index is -1.25. The van der Waals surface area contributed by atoms with Gasteiger partial charge in [0.1, 0.15) is 6.61 Å². The second-order valence-electron chi connectivity index (χ2n) is 6.37. The Morgan fingerprint density at radius 2 is 1.69 bits per heavy atom. The number of hydrogen-bond donors (Lipinski definition) is 2. The molecule has 0 saturated heterocycles. The van der Waals surface area contributed by atoms with E-state index in [4.69, 9.17) is 14.6 Å². The van der Waals surface area contributed by atoms with Gasteiger partial charge in [-0.1, -0.05) is 48.5 Å². The number of hydrogen-bond acceptors (Lipinski definition) is 6. The smallest absolute Gasteiger partial charge is 0.412 e. The van der Waals surface area contributed by atoms with Gasteiger partial charge in [0, 0.05) is 5.92 Å². The molecule has 8 heteroatoms. The van der Waals surface area contributed by atoms with Crippen LogP contribution in [0.5, 0.6) is 5.88 Å². The highest BCUT2D eigenvalue weighted by Gasteiger charge is 2.29. The van der Waals surface area contributed by atoms with E-state index in [0.29, 0.717) is 0 Å². The van der Waals surface area contributed by atoms with Crippen molar-refractivity contribution in [1.82, 2.24) is 9.97 Å². The summed E-state index contributed by atoms with van der Waals surface area (Å²) in [5, 5.41) is 11.4. The second kappa shape index (κ2) is 7.59. The second-order valence-corrected chi connectivity index (χ2v) is 6.37. The topological polar surface area (TPSA) is 111 Å². The van der Waals surface area contributed by atoms with Crippen molar-refractivity contribution in [3.63, 3.8) is 0 Å². The Labute approximate surface area is 166 Å². The Hall–Kier alpha value is -3.94. The number of carboxylic acid groups (broad SMARTS) is 1. The summed E-state index contributed by atoms with van der Waals surface area (Å²) in [7, 11) is 1.30. The number of amides is 1. The van der Waals surface area contributed by atoms with E-state index in [-0.39, 0.29) is 29.9 Å². The molecule has 8 nitrogen and oxygen atoms in total. The first-order valence-corrected chi connectivity index (χ1v) is 8.85. The minimum Gasteiger partial charge on any atom is -0.478 e. The molecule has 1 aliphatic carbocycles. The van der Waals surface area contributed by atoms with Gasteiger partial charge in [0.15, 0.2) is 11.5 Å². The molecule has 0 saturated carbocycles. The zero-order valence-electron chi connectivity index (χ0n) is 15.5. The predicted molar refractivity (Wildman–Crippen MR) is 104 cm³/mol. The number of nitrogens with zero attached hydrogens (tertiary/aromatic N) is 2. The van der Waals surface area contributed by atoms with Crippen LogP contribution in [-0.4, -0.2) is 40.9 Å². The molecule has 1 aliphatic rings. The van der Waals surface area contributed by atoms with Crippen LogP contribution in [0.25, 0.3) is 11.1 Å². The van der Waals surface area contributed by atoms with Gasteiger partial charge in [-0.25, -0.2) is 19.6 Å². The van der Waals surface area contributed by atoms with Crippen LogP contribution in [0, 0.1) is 0 Å². The fourth-order valence-corrected chi connectivity index (χ4v) is 3.43. The van der Waals surface area contributed by atoms with Crippen LogP contribution in [0.1, 0.15) is 27.5 Å². The summed E-state index contributed by atoms with van der Waals surface area (Å²) in [6, 6.07) is 16.1. The highest BCUT2D eigenvalue weighted by atomic mass is 16.5. The summed E-state index contributed by atoms with van der Waals surface area (Å²) in [5.74, 6) is -1.45. The van der Waals surface area contributed by atoms with E-state index in [9.17, 15) is 9.59 Å². The summed E-state index contributed by atoms with van der Waals surface area (Å²) in [6.45, 7) is 0.142. The monoisotopic (exact) mass is 391 g/mol. The van der Waals surface area contributed by atoms with Gasteiger partial charge in [-0.3, -0.25) is 5.32 Å². The molecule has 29 heavy (non-hydrogen) atoms. The fraction of sp³-hybridized carbons (Fsp3) is 0.143. The molecule has 1 heterocycles. The maximum atomic E-state index is 12.3. The molecular weight excluding hydrogens is 374 g/mol. The lowest BCUT2D eigenvalue weighted by Gasteiger charge is -2.15. The maximum Gasteiger partial charge on any atom is 0.412 e. The number of methoxy groups -OCH3 is 1. The van der Waals surface area contributed by atoms with Crippen molar-refractivity contribution in [2.45, 2.75) is 5.92 Å². The van der Waals surface area contributed by atoms with E-state index in [2.05, 4.69) is 27.4 Å². The Morgan fingerprint density at radius 3 is 2.28 bits per heavy atom. The summed E-state index contributed by atoms with van der Waals surface area (Å²) < 4.78 is 10.4. The van der Waals surface area contributed by atoms with Gasteiger partial charge in [-0.05, 0) is 22.3 Å². The van der Waals surface area contributed by atoms with E-state index in [1.165, 1.54) is 7.11 Å². The third-order valence-corrected chi connectivity index (χ3v) is 4.72. The molecule has 0 radical (unpaired) electrons. The van der Waals surface area contributed by atoms with Crippen LogP contribution < -0.4 is 10.1 Å². The average molecular weight is 391 g/mol. The Morgan fingerprint density at radius 1 is 1.07 bits per heavy atom. The van der Waals surface area contributed by atoms with E-state index in [1.807, 2.05) is 36.4 Å². The molecule has 4 rings (SSSR count). The van der Waals surface area contributed by atoms with Gasteiger partial charge in [-0.15, -0.1) is 0 Å². The van der Waals surface area contributed by atoms with Crippen LogP contribution in [0.15, 0.2) is 54.7 Å². The van der Waals surface area contributed by atoms with Gasteiger partial charge in [0.25, 0.3) is 5.88 Å². The summed E-state index contributed by atoms with van der Waals surface area (Å²) in [6.07, 6.45) is 0.298. The Balaban J connectivity index is 1.49. The molecule has 0 bridgehead atoms. The number of ether oxygens (including phenoxy) is 2. The van der Waals surface area contributed by atoms with Crippen molar-refractivity contribution in [1.29, 1.82) is 0 Å². The van der Waals surface area contributed by atoms with Gasteiger partial charge < -0.3 is 14.6 Å². The normalized spacial score (nSPS) is 12.0. The molecule has 0 atom stereocenters. The number of carboxylic acids is 1. The minimum absolute atomic E-state index is 0.0188. The van der Waals surface area contributed by atoms with Crippen LogP contribution in [0.2, 0.25) is 0 Å². The van der Waals surface area contributed by atoms with Crippen molar-refractivity contribution in [3.05, 3.63) is 71.5 Å².